The fourth-order valence-corrected chi connectivity index (χ4v) is 4.63. The third kappa shape index (κ3) is 3.83. The fraction of sp³-hybridized carbons (Fsp3) is 0.667. The van der Waals surface area contributed by atoms with Crippen LogP contribution in [0.4, 0.5) is 16.2 Å². The van der Waals surface area contributed by atoms with Crippen LogP contribution in [0.2, 0.25) is 0 Å². The average Bonchev–Trinajstić information content (AvgIpc) is 3.22. The highest BCUT2D eigenvalue weighted by atomic mass is 16.2. The minimum Gasteiger partial charge on any atom is -0.371 e. The van der Waals surface area contributed by atoms with Gasteiger partial charge in [0.05, 0.1) is 0 Å². The van der Waals surface area contributed by atoms with E-state index in [1.807, 2.05) is 11.0 Å². The molecule has 142 valence electrons. The Balaban J connectivity index is 1.34. The van der Waals surface area contributed by atoms with Gasteiger partial charge in [-0.1, -0.05) is 19.9 Å². The Hall–Kier alpha value is -1.75. The maximum absolute atomic E-state index is 11.9. The highest BCUT2D eigenvalue weighted by Crippen LogP contribution is 2.42. The van der Waals surface area contributed by atoms with Crippen molar-refractivity contribution in [3.05, 3.63) is 24.3 Å². The summed E-state index contributed by atoms with van der Waals surface area (Å²) < 4.78 is 0. The van der Waals surface area contributed by atoms with E-state index in [9.17, 15) is 4.79 Å². The fourth-order valence-electron chi connectivity index (χ4n) is 4.63. The largest absolute Gasteiger partial charge is 0.371 e. The number of hydrogen-bond donors (Lipinski definition) is 2. The summed E-state index contributed by atoms with van der Waals surface area (Å²) in [6, 6.07) is 9.12. The number of carbonyl (C=O) groups excluding carboxylic acids is 1. The number of amides is 2. The molecule has 4 rings (SSSR count). The predicted molar refractivity (Wildman–Crippen MR) is 107 cm³/mol. The zero-order valence-corrected chi connectivity index (χ0v) is 16.1. The monoisotopic (exact) mass is 356 g/mol. The molecule has 2 aliphatic heterocycles. The van der Waals surface area contributed by atoms with Crippen LogP contribution in [0.5, 0.6) is 0 Å². The number of hydrogen-bond acceptors (Lipinski definition) is 3. The van der Waals surface area contributed by atoms with Crippen molar-refractivity contribution in [3.63, 3.8) is 0 Å². The van der Waals surface area contributed by atoms with E-state index in [0.717, 1.165) is 37.8 Å². The Morgan fingerprint density at radius 3 is 2.54 bits per heavy atom. The first-order chi connectivity index (χ1) is 12.5. The standard InChI is InChI=1S/C21H32N4O/c1-16(2)15-21(8-9-21)23-17-6-11-24(12-7-17)18-4-3-5-19(14-18)25-13-10-22-20(25)26/h3-5,14,16-17,23H,6-13,15H2,1-2H3,(H,22,26). The number of urea groups is 1. The number of rotatable bonds is 6. The third-order valence-corrected chi connectivity index (χ3v) is 6.02. The molecule has 1 aromatic rings. The van der Waals surface area contributed by atoms with Gasteiger partial charge in [0.2, 0.25) is 0 Å². The van der Waals surface area contributed by atoms with Gasteiger partial charge >= 0.3 is 6.03 Å². The lowest BCUT2D eigenvalue weighted by Crippen LogP contribution is -2.47. The number of nitrogens with one attached hydrogen (secondary N) is 2. The SMILES string of the molecule is CC(C)CC1(NC2CCN(c3cccc(N4CCNC4=O)c3)CC2)CC1. The Morgan fingerprint density at radius 1 is 1.19 bits per heavy atom. The van der Waals surface area contributed by atoms with Crippen molar-refractivity contribution in [2.75, 3.05) is 36.0 Å². The van der Waals surface area contributed by atoms with Gasteiger partial charge in [-0.15, -0.1) is 0 Å². The van der Waals surface area contributed by atoms with Crippen molar-refractivity contribution in [1.29, 1.82) is 0 Å². The summed E-state index contributed by atoms with van der Waals surface area (Å²) >= 11 is 0. The van der Waals surface area contributed by atoms with E-state index < -0.39 is 0 Å². The van der Waals surface area contributed by atoms with E-state index >= 15 is 0 Å². The quantitative estimate of drug-likeness (QED) is 0.822. The minimum atomic E-state index is 0.0185. The lowest BCUT2D eigenvalue weighted by molar-refractivity contribution is 0.252. The van der Waals surface area contributed by atoms with Crippen LogP contribution >= 0.6 is 0 Å². The number of nitrogens with zero attached hydrogens (tertiary/aromatic N) is 2. The smallest absolute Gasteiger partial charge is 0.321 e. The van der Waals surface area contributed by atoms with Crippen LogP contribution in [0.1, 0.15) is 46.0 Å². The van der Waals surface area contributed by atoms with E-state index in [2.05, 4.69) is 47.6 Å². The van der Waals surface area contributed by atoms with Crippen molar-refractivity contribution < 1.29 is 4.79 Å². The summed E-state index contributed by atoms with van der Waals surface area (Å²) in [5.41, 5.74) is 2.69. The van der Waals surface area contributed by atoms with Crippen LogP contribution in [-0.4, -0.2) is 43.8 Å². The van der Waals surface area contributed by atoms with Crippen molar-refractivity contribution in [1.82, 2.24) is 10.6 Å². The Morgan fingerprint density at radius 2 is 1.92 bits per heavy atom. The molecule has 5 nitrogen and oxygen atoms in total. The summed E-state index contributed by atoms with van der Waals surface area (Å²) in [7, 11) is 0. The Labute approximate surface area is 157 Å². The molecule has 2 N–H and O–H groups in total. The molecule has 0 aromatic heterocycles. The number of piperidine rings is 1. The second-order valence-electron chi connectivity index (χ2n) is 8.69. The van der Waals surface area contributed by atoms with Gasteiger partial charge in [0.25, 0.3) is 0 Å². The van der Waals surface area contributed by atoms with E-state index in [4.69, 9.17) is 0 Å². The molecule has 0 spiro atoms. The number of anilines is 2. The molecule has 3 fully saturated rings. The molecule has 2 heterocycles. The van der Waals surface area contributed by atoms with Crippen molar-refractivity contribution in [2.24, 2.45) is 5.92 Å². The van der Waals surface area contributed by atoms with Gasteiger partial charge in [-0.05, 0) is 56.2 Å². The molecule has 1 aliphatic carbocycles. The van der Waals surface area contributed by atoms with Gasteiger partial charge in [0.15, 0.2) is 0 Å². The second-order valence-corrected chi connectivity index (χ2v) is 8.69. The highest BCUT2D eigenvalue weighted by Gasteiger charge is 2.44. The predicted octanol–water partition coefficient (Wildman–Crippen LogP) is 3.35. The summed E-state index contributed by atoms with van der Waals surface area (Å²) in [6.07, 6.45) is 6.42. The first-order valence-corrected chi connectivity index (χ1v) is 10.2. The van der Waals surface area contributed by atoms with Gasteiger partial charge in [0.1, 0.15) is 0 Å². The van der Waals surface area contributed by atoms with Gasteiger partial charge in [-0.25, -0.2) is 4.79 Å². The van der Waals surface area contributed by atoms with Crippen LogP contribution in [0.3, 0.4) is 0 Å². The normalized spacial score (nSPS) is 22.8. The molecule has 0 radical (unpaired) electrons. The van der Waals surface area contributed by atoms with Crippen LogP contribution in [-0.2, 0) is 0 Å². The molecule has 0 bridgehead atoms. The van der Waals surface area contributed by atoms with Gasteiger partial charge in [-0.2, -0.15) is 0 Å². The van der Waals surface area contributed by atoms with Crippen molar-refractivity contribution in [3.8, 4) is 0 Å². The molecule has 2 saturated heterocycles. The maximum Gasteiger partial charge on any atom is 0.321 e. The molecule has 0 unspecified atom stereocenters. The number of carbonyl (C=O) groups is 1. The Bertz CT molecular complexity index is 647. The lowest BCUT2D eigenvalue weighted by atomic mass is 9.97. The van der Waals surface area contributed by atoms with Gasteiger partial charge < -0.3 is 15.5 Å². The van der Waals surface area contributed by atoms with Crippen molar-refractivity contribution in [2.45, 2.75) is 57.5 Å². The zero-order chi connectivity index (χ0) is 18.1. The summed E-state index contributed by atoms with van der Waals surface area (Å²) in [5.74, 6) is 0.774. The molecule has 0 atom stereocenters. The maximum atomic E-state index is 11.9. The first-order valence-electron chi connectivity index (χ1n) is 10.2. The molecule has 1 aromatic carbocycles. The Kier molecular flexibility index (Phi) is 4.82. The minimum absolute atomic E-state index is 0.0185. The molecular formula is C21H32N4O. The molecule has 2 amide bonds. The zero-order valence-electron chi connectivity index (χ0n) is 16.1. The lowest BCUT2D eigenvalue weighted by Gasteiger charge is -2.36. The first kappa shape index (κ1) is 17.7. The summed E-state index contributed by atoms with van der Waals surface area (Å²) in [6.45, 7) is 8.33. The number of benzene rings is 1. The van der Waals surface area contributed by atoms with Gasteiger partial charge in [-0.3, -0.25) is 4.90 Å². The third-order valence-electron chi connectivity index (χ3n) is 6.02. The van der Waals surface area contributed by atoms with Crippen LogP contribution in [0.25, 0.3) is 0 Å². The topological polar surface area (TPSA) is 47.6 Å². The molecule has 1 saturated carbocycles. The second kappa shape index (κ2) is 7.10. The summed E-state index contributed by atoms with van der Waals surface area (Å²) in [4.78, 5) is 16.2. The van der Waals surface area contributed by atoms with Crippen LogP contribution in [0.15, 0.2) is 24.3 Å². The molecule has 3 aliphatic rings. The van der Waals surface area contributed by atoms with E-state index in [0.29, 0.717) is 11.6 Å². The van der Waals surface area contributed by atoms with Crippen LogP contribution in [0, 0.1) is 5.92 Å². The summed E-state index contributed by atoms with van der Waals surface area (Å²) in [5, 5.41) is 6.86. The van der Waals surface area contributed by atoms with Crippen molar-refractivity contribution >= 4 is 17.4 Å². The van der Waals surface area contributed by atoms with E-state index in [1.54, 1.807) is 0 Å². The van der Waals surface area contributed by atoms with E-state index in [1.165, 1.54) is 37.8 Å². The average molecular weight is 357 g/mol. The van der Waals surface area contributed by atoms with Gasteiger partial charge in [0, 0.05) is 49.1 Å². The van der Waals surface area contributed by atoms with E-state index in [-0.39, 0.29) is 6.03 Å². The van der Waals surface area contributed by atoms with Crippen LogP contribution < -0.4 is 20.4 Å². The molecule has 5 heteroatoms. The molecular weight excluding hydrogens is 324 g/mol. The molecule has 26 heavy (non-hydrogen) atoms. The highest BCUT2D eigenvalue weighted by molar-refractivity contribution is 5.94.